The Labute approximate surface area is 116 Å². The third-order valence-electron chi connectivity index (χ3n) is 3.57. The Morgan fingerprint density at radius 1 is 1.42 bits per heavy atom. The van der Waals surface area contributed by atoms with E-state index in [1.807, 2.05) is 0 Å². The molecule has 1 N–H and O–H groups in total. The molecule has 1 aromatic heterocycles. The molecule has 1 atom stereocenters. The summed E-state index contributed by atoms with van der Waals surface area (Å²) >= 11 is 0. The summed E-state index contributed by atoms with van der Waals surface area (Å²) < 4.78 is 5.61. The highest BCUT2D eigenvalue weighted by molar-refractivity contribution is 5.28. The second-order valence-electron chi connectivity index (χ2n) is 6.50. The van der Waals surface area contributed by atoms with E-state index in [4.69, 9.17) is 4.42 Å². The summed E-state index contributed by atoms with van der Waals surface area (Å²) in [6.45, 7) is 12.4. The van der Waals surface area contributed by atoms with Crippen molar-refractivity contribution >= 4 is 6.01 Å². The van der Waals surface area contributed by atoms with E-state index in [1.165, 1.54) is 0 Å². The standard InChI is InChI=1S/C14H26N4O/c1-11-9-18(7-6-17(11)5)13-16-12(10-19-13)8-15-14(2,3)4/h10-11,15H,6-9H2,1-5H3. The van der Waals surface area contributed by atoms with Crippen LogP contribution in [-0.2, 0) is 6.54 Å². The lowest BCUT2D eigenvalue weighted by molar-refractivity contribution is 0.229. The molecule has 0 saturated carbocycles. The monoisotopic (exact) mass is 266 g/mol. The fourth-order valence-electron chi connectivity index (χ4n) is 2.10. The van der Waals surface area contributed by atoms with Crippen molar-refractivity contribution in [3.05, 3.63) is 12.0 Å². The van der Waals surface area contributed by atoms with Crippen LogP contribution in [0.1, 0.15) is 33.4 Å². The average molecular weight is 266 g/mol. The molecule has 0 aliphatic carbocycles. The summed E-state index contributed by atoms with van der Waals surface area (Å²) in [5.41, 5.74) is 1.07. The van der Waals surface area contributed by atoms with Crippen LogP contribution in [0.4, 0.5) is 6.01 Å². The van der Waals surface area contributed by atoms with Crippen molar-refractivity contribution in [2.75, 3.05) is 31.6 Å². The lowest BCUT2D eigenvalue weighted by atomic mass is 10.1. The van der Waals surface area contributed by atoms with Gasteiger partial charge in [0.1, 0.15) is 6.26 Å². The number of hydrogen-bond donors (Lipinski definition) is 1. The first-order chi connectivity index (χ1) is 8.85. The highest BCUT2D eigenvalue weighted by Crippen LogP contribution is 2.18. The van der Waals surface area contributed by atoms with Crippen LogP contribution in [0.2, 0.25) is 0 Å². The first kappa shape index (κ1) is 14.3. The fraction of sp³-hybridized carbons (Fsp3) is 0.786. The van der Waals surface area contributed by atoms with Crippen molar-refractivity contribution < 1.29 is 4.42 Å². The number of anilines is 1. The maximum Gasteiger partial charge on any atom is 0.297 e. The molecule has 2 heterocycles. The summed E-state index contributed by atoms with van der Waals surface area (Å²) in [5.74, 6) is 0. The normalized spacial score (nSPS) is 21.9. The predicted octanol–water partition coefficient (Wildman–Crippen LogP) is 1.70. The molecule has 1 saturated heterocycles. The van der Waals surface area contributed by atoms with E-state index in [-0.39, 0.29) is 5.54 Å². The van der Waals surface area contributed by atoms with Crippen LogP contribution in [0.3, 0.4) is 0 Å². The largest absolute Gasteiger partial charge is 0.432 e. The van der Waals surface area contributed by atoms with Crippen LogP contribution in [0.5, 0.6) is 0 Å². The number of hydrogen-bond acceptors (Lipinski definition) is 5. The summed E-state index contributed by atoms with van der Waals surface area (Å²) in [5, 5.41) is 3.42. The minimum Gasteiger partial charge on any atom is -0.432 e. The highest BCUT2D eigenvalue weighted by atomic mass is 16.4. The minimum atomic E-state index is 0.0987. The second kappa shape index (κ2) is 5.51. The summed E-state index contributed by atoms with van der Waals surface area (Å²) in [4.78, 5) is 9.16. The number of aromatic nitrogens is 1. The second-order valence-corrected chi connectivity index (χ2v) is 6.50. The quantitative estimate of drug-likeness (QED) is 0.902. The zero-order valence-electron chi connectivity index (χ0n) is 12.7. The van der Waals surface area contributed by atoms with E-state index in [0.717, 1.165) is 37.9 Å². The van der Waals surface area contributed by atoms with Gasteiger partial charge in [-0.2, -0.15) is 4.98 Å². The molecule has 0 aromatic carbocycles. The molecular weight excluding hydrogens is 240 g/mol. The molecule has 5 nitrogen and oxygen atoms in total. The van der Waals surface area contributed by atoms with Crippen molar-refractivity contribution in [2.45, 2.75) is 45.8 Å². The molecule has 0 bridgehead atoms. The first-order valence-electron chi connectivity index (χ1n) is 7.00. The molecule has 108 valence electrons. The number of rotatable bonds is 3. The number of nitrogens with zero attached hydrogens (tertiary/aromatic N) is 3. The molecule has 1 fully saturated rings. The number of piperazine rings is 1. The lowest BCUT2D eigenvalue weighted by Crippen LogP contribution is -2.50. The van der Waals surface area contributed by atoms with Gasteiger partial charge in [-0.25, -0.2) is 0 Å². The zero-order chi connectivity index (χ0) is 14.0. The Kier molecular flexibility index (Phi) is 4.16. The van der Waals surface area contributed by atoms with Crippen molar-refractivity contribution in [3.8, 4) is 0 Å². The van der Waals surface area contributed by atoms with Crippen LogP contribution in [0.25, 0.3) is 0 Å². The maximum absolute atomic E-state index is 5.61. The van der Waals surface area contributed by atoms with Crippen LogP contribution in [0.15, 0.2) is 10.7 Å². The molecule has 0 amide bonds. The topological polar surface area (TPSA) is 44.5 Å². The number of oxazole rings is 1. The number of nitrogens with one attached hydrogen (secondary N) is 1. The Hall–Kier alpha value is -1.07. The van der Waals surface area contributed by atoms with Gasteiger partial charge in [0.05, 0.1) is 5.69 Å². The molecule has 2 rings (SSSR count). The van der Waals surface area contributed by atoms with Gasteiger partial charge in [0, 0.05) is 37.8 Å². The zero-order valence-corrected chi connectivity index (χ0v) is 12.7. The third-order valence-corrected chi connectivity index (χ3v) is 3.57. The van der Waals surface area contributed by atoms with Gasteiger partial charge in [0.25, 0.3) is 6.01 Å². The molecule has 0 radical (unpaired) electrons. The Morgan fingerprint density at radius 3 is 2.79 bits per heavy atom. The Bertz CT molecular complexity index is 410. The van der Waals surface area contributed by atoms with E-state index in [9.17, 15) is 0 Å². The van der Waals surface area contributed by atoms with Gasteiger partial charge in [-0.3, -0.25) is 0 Å². The maximum atomic E-state index is 5.61. The van der Waals surface area contributed by atoms with E-state index in [1.54, 1.807) is 6.26 Å². The van der Waals surface area contributed by atoms with Gasteiger partial charge in [0.2, 0.25) is 0 Å². The smallest absolute Gasteiger partial charge is 0.297 e. The molecule has 1 unspecified atom stereocenters. The molecule has 0 spiro atoms. The summed E-state index contributed by atoms with van der Waals surface area (Å²) in [7, 11) is 2.16. The molecule has 1 aliphatic rings. The Balaban J connectivity index is 1.93. The van der Waals surface area contributed by atoms with E-state index >= 15 is 0 Å². The van der Waals surface area contributed by atoms with Crippen LogP contribution in [-0.4, -0.2) is 48.1 Å². The van der Waals surface area contributed by atoms with Crippen molar-refractivity contribution in [3.63, 3.8) is 0 Å². The molecule has 1 aromatic rings. The van der Waals surface area contributed by atoms with Gasteiger partial charge in [-0.15, -0.1) is 0 Å². The van der Waals surface area contributed by atoms with Crippen molar-refractivity contribution in [1.29, 1.82) is 0 Å². The van der Waals surface area contributed by atoms with E-state index in [0.29, 0.717) is 6.04 Å². The van der Waals surface area contributed by atoms with E-state index < -0.39 is 0 Å². The van der Waals surface area contributed by atoms with Crippen LogP contribution < -0.4 is 10.2 Å². The molecule has 5 heteroatoms. The average Bonchev–Trinajstić information content (AvgIpc) is 2.78. The van der Waals surface area contributed by atoms with Gasteiger partial charge in [-0.05, 0) is 34.7 Å². The summed E-state index contributed by atoms with van der Waals surface area (Å²) in [6, 6.07) is 1.29. The van der Waals surface area contributed by atoms with Gasteiger partial charge >= 0.3 is 0 Å². The van der Waals surface area contributed by atoms with Crippen LogP contribution >= 0.6 is 0 Å². The van der Waals surface area contributed by atoms with Crippen molar-refractivity contribution in [1.82, 2.24) is 15.2 Å². The predicted molar refractivity (Wildman–Crippen MR) is 77.4 cm³/mol. The lowest BCUT2D eigenvalue weighted by Gasteiger charge is -2.36. The Morgan fingerprint density at radius 2 is 2.16 bits per heavy atom. The van der Waals surface area contributed by atoms with Gasteiger partial charge < -0.3 is 19.5 Å². The van der Waals surface area contributed by atoms with Crippen molar-refractivity contribution in [2.24, 2.45) is 0 Å². The van der Waals surface area contributed by atoms with Crippen LogP contribution in [0, 0.1) is 0 Å². The SMILES string of the molecule is CC1CN(c2nc(CNC(C)(C)C)co2)CCN1C. The van der Waals surface area contributed by atoms with E-state index in [2.05, 4.69) is 54.8 Å². The molecular formula is C14H26N4O. The fourth-order valence-corrected chi connectivity index (χ4v) is 2.10. The minimum absolute atomic E-state index is 0.0987. The number of likely N-dealkylation sites (N-methyl/N-ethyl adjacent to an activating group) is 1. The summed E-state index contributed by atoms with van der Waals surface area (Å²) in [6.07, 6.45) is 1.76. The molecule has 19 heavy (non-hydrogen) atoms. The third kappa shape index (κ3) is 3.94. The van der Waals surface area contributed by atoms with Gasteiger partial charge in [0.15, 0.2) is 0 Å². The first-order valence-corrected chi connectivity index (χ1v) is 7.00. The molecule has 1 aliphatic heterocycles. The highest BCUT2D eigenvalue weighted by Gasteiger charge is 2.23. The van der Waals surface area contributed by atoms with Gasteiger partial charge in [-0.1, -0.05) is 0 Å².